The quantitative estimate of drug-likeness (QED) is 0.845. The smallest absolute Gasteiger partial charge is 0.0576 e. The fourth-order valence-corrected chi connectivity index (χ4v) is 3.28. The van der Waals surface area contributed by atoms with Gasteiger partial charge in [-0.15, -0.1) is 0 Å². The van der Waals surface area contributed by atoms with E-state index in [-0.39, 0.29) is 0 Å². The zero-order chi connectivity index (χ0) is 14.5. The van der Waals surface area contributed by atoms with Crippen molar-refractivity contribution in [2.45, 2.75) is 44.8 Å². The predicted molar refractivity (Wildman–Crippen MR) is 88.6 cm³/mol. The van der Waals surface area contributed by atoms with Crippen LogP contribution in [0.5, 0.6) is 0 Å². The minimum absolute atomic E-state index is 0.434. The van der Waals surface area contributed by atoms with Gasteiger partial charge in [0.1, 0.15) is 0 Å². The molecule has 0 saturated carbocycles. The summed E-state index contributed by atoms with van der Waals surface area (Å²) >= 11 is 0. The molecule has 112 valence electrons. The zero-order valence-electron chi connectivity index (χ0n) is 12.8. The van der Waals surface area contributed by atoms with Crippen LogP contribution in [0.15, 0.2) is 42.5 Å². The van der Waals surface area contributed by atoms with E-state index in [1.54, 1.807) is 0 Å². The summed E-state index contributed by atoms with van der Waals surface area (Å²) in [6.45, 7) is 4.13. The first-order valence-corrected chi connectivity index (χ1v) is 8.20. The Balaban J connectivity index is 1.74. The third-order valence-corrected chi connectivity index (χ3v) is 4.43. The van der Waals surface area contributed by atoms with Crippen molar-refractivity contribution >= 4 is 10.8 Å². The Kier molecular flexibility index (Phi) is 4.89. The van der Waals surface area contributed by atoms with Crippen molar-refractivity contribution in [1.82, 2.24) is 5.32 Å². The van der Waals surface area contributed by atoms with Gasteiger partial charge in [0.25, 0.3) is 0 Å². The van der Waals surface area contributed by atoms with E-state index >= 15 is 0 Å². The molecule has 2 aromatic rings. The first-order chi connectivity index (χ1) is 10.4. The molecule has 0 radical (unpaired) electrons. The van der Waals surface area contributed by atoms with Crippen molar-refractivity contribution in [2.24, 2.45) is 0 Å². The highest BCUT2D eigenvalue weighted by Gasteiger charge is 2.18. The molecule has 1 aliphatic heterocycles. The van der Waals surface area contributed by atoms with E-state index in [4.69, 9.17) is 4.74 Å². The molecule has 0 aliphatic carbocycles. The number of benzene rings is 2. The third kappa shape index (κ3) is 3.63. The fraction of sp³-hybridized carbons (Fsp3) is 0.474. The normalized spacial score (nSPS) is 20.0. The minimum Gasteiger partial charge on any atom is -0.378 e. The van der Waals surface area contributed by atoms with Crippen LogP contribution in [0.25, 0.3) is 10.8 Å². The maximum atomic E-state index is 5.76. The van der Waals surface area contributed by atoms with Gasteiger partial charge in [-0.3, -0.25) is 0 Å². The Morgan fingerprint density at radius 3 is 2.81 bits per heavy atom. The van der Waals surface area contributed by atoms with E-state index in [0.29, 0.717) is 12.1 Å². The molecule has 3 rings (SSSR count). The van der Waals surface area contributed by atoms with Gasteiger partial charge in [0.15, 0.2) is 0 Å². The summed E-state index contributed by atoms with van der Waals surface area (Å²) in [7, 11) is 0. The molecule has 1 heterocycles. The lowest BCUT2D eigenvalue weighted by Crippen LogP contribution is -2.22. The summed E-state index contributed by atoms with van der Waals surface area (Å²) in [6.07, 6.45) is 5.25. The molecular formula is C19H25NO. The van der Waals surface area contributed by atoms with Crippen molar-refractivity contribution in [1.29, 1.82) is 0 Å². The second-order valence-corrected chi connectivity index (χ2v) is 5.93. The first-order valence-electron chi connectivity index (χ1n) is 8.20. The Morgan fingerprint density at radius 1 is 1.19 bits per heavy atom. The van der Waals surface area contributed by atoms with Gasteiger partial charge in [-0.1, -0.05) is 43.3 Å². The van der Waals surface area contributed by atoms with Gasteiger partial charge in [-0.05, 0) is 54.6 Å². The van der Waals surface area contributed by atoms with Crippen LogP contribution in [0.3, 0.4) is 0 Å². The van der Waals surface area contributed by atoms with Crippen molar-refractivity contribution < 1.29 is 4.74 Å². The molecular weight excluding hydrogens is 258 g/mol. The summed E-state index contributed by atoms with van der Waals surface area (Å²) in [6, 6.07) is 15.9. The van der Waals surface area contributed by atoms with Gasteiger partial charge < -0.3 is 10.1 Å². The molecule has 2 aromatic carbocycles. The van der Waals surface area contributed by atoms with Crippen LogP contribution in [0, 0.1) is 0 Å². The van der Waals surface area contributed by atoms with Crippen molar-refractivity contribution in [3.05, 3.63) is 48.0 Å². The van der Waals surface area contributed by atoms with Crippen LogP contribution in [-0.4, -0.2) is 19.3 Å². The molecule has 0 aromatic heterocycles. The summed E-state index contributed by atoms with van der Waals surface area (Å²) in [4.78, 5) is 0. The molecule has 0 amide bonds. The number of hydrogen-bond acceptors (Lipinski definition) is 2. The van der Waals surface area contributed by atoms with Crippen LogP contribution in [-0.2, 0) is 4.74 Å². The van der Waals surface area contributed by atoms with Gasteiger partial charge >= 0.3 is 0 Å². The number of nitrogens with one attached hydrogen (secondary N) is 1. The Hall–Kier alpha value is -1.38. The number of rotatable bonds is 6. The number of fused-ring (bicyclic) bond motifs is 1. The monoisotopic (exact) mass is 283 g/mol. The molecule has 0 bridgehead atoms. The minimum atomic E-state index is 0.434. The third-order valence-electron chi connectivity index (χ3n) is 4.43. The second kappa shape index (κ2) is 7.06. The molecule has 1 N–H and O–H groups in total. The maximum absolute atomic E-state index is 5.76. The molecule has 21 heavy (non-hydrogen) atoms. The van der Waals surface area contributed by atoms with E-state index < -0.39 is 0 Å². The Morgan fingerprint density at radius 2 is 2.05 bits per heavy atom. The molecule has 2 nitrogen and oxygen atoms in total. The van der Waals surface area contributed by atoms with Gasteiger partial charge in [0, 0.05) is 12.6 Å². The lowest BCUT2D eigenvalue weighted by Gasteiger charge is -2.20. The number of ether oxygens (including phenoxy) is 1. The predicted octanol–water partition coefficient (Wildman–Crippen LogP) is 4.45. The molecule has 2 unspecified atom stereocenters. The van der Waals surface area contributed by atoms with Gasteiger partial charge in [0.2, 0.25) is 0 Å². The molecule has 1 fully saturated rings. The molecule has 1 saturated heterocycles. The second-order valence-electron chi connectivity index (χ2n) is 5.93. The summed E-state index contributed by atoms with van der Waals surface area (Å²) < 4.78 is 5.76. The molecule has 2 atom stereocenters. The zero-order valence-corrected chi connectivity index (χ0v) is 12.8. The van der Waals surface area contributed by atoms with E-state index in [2.05, 4.69) is 54.7 Å². The van der Waals surface area contributed by atoms with Crippen LogP contribution in [0.4, 0.5) is 0 Å². The fourth-order valence-electron chi connectivity index (χ4n) is 3.28. The van der Waals surface area contributed by atoms with E-state index in [0.717, 1.165) is 26.0 Å². The highest BCUT2D eigenvalue weighted by atomic mass is 16.5. The summed E-state index contributed by atoms with van der Waals surface area (Å²) in [5.74, 6) is 0. The van der Waals surface area contributed by atoms with Crippen molar-refractivity contribution in [3.63, 3.8) is 0 Å². The van der Waals surface area contributed by atoms with Crippen LogP contribution in [0.1, 0.15) is 44.2 Å². The Bertz CT molecular complexity index is 575. The van der Waals surface area contributed by atoms with Crippen LogP contribution >= 0.6 is 0 Å². The molecule has 2 heteroatoms. The van der Waals surface area contributed by atoms with E-state index in [1.807, 2.05) is 0 Å². The van der Waals surface area contributed by atoms with Crippen molar-refractivity contribution in [2.75, 3.05) is 13.2 Å². The largest absolute Gasteiger partial charge is 0.378 e. The lowest BCUT2D eigenvalue weighted by atomic mass is 9.97. The van der Waals surface area contributed by atoms with Gasteiger partial charge in [-0.2, -0.15) is 0 Å². The maximum Gasteiger partial charge on any atom is 0.0576 e. The van der Waals surface area contributed by atoms with Crippen LogP contribution < -0.4 is 5.32 Å². The Labute approximate surface area is 127 Å². The standard InChI is InChI=1S/C19H25NO/c1-2-20-19(12-11-18-8-5-13-21-18)17-10-9-15-6-3-4-7-16(15)14-17/h3-4,6-7,9-10,14,18-20H,2,5,8,11-13H2,1H3. The van der Waals surface area contributed by atoms with Crippen LogP contribution in [0.2, 0.25) is 0 Å². The number of hydrogen-bond donors (Lipinski definition) is 1. The first kappa shape index (κ1) is 14.6. The topological polar surface area (TPSA) is 21.3 Å². The van der Waals surface area contributed by atoms with Gasteiger partial charge in [-0.25, -0.2) is 0 Å². The average molecular weight is 283 g/mol. The van der Waals surface area contributed by atoms with E-state index in [1.165, 1.54) is 29.2 Å². The SMILES string of the molecule is CCNC(CCC1CCCO1)c1ccc2ccccc2c1. The average Bonchev–Trinajstić information content (AvgIpc) is 3.04. The lowest BCUT2D eigenvalue weighted by molar-refractivity contribution is 0.0996. The van der Waals surface area contributed by atoms with Crippen molar-refractivity contribution in [3.8, 4) is 0 Å². The molecule has 0 spiro atoms. The summed E-state index contributed by atoms with van der Waals surface area (Å²) in [5, 5.41) is 6.28. The van der Waals surface area contributed by atoms with Gasteiger partial charge in [0.05, 0.1) is 6.10 Å². The summed E-state index contributed by atoms with van der Waals surface area (Å²) in [5.41, 5.74) is 1.40. The molecule has 1 aliphatic rings. The highest BCUT2D eigenvalue weighted by Crippen LogP contribution is 2.26. The van der Waals surface area contributed by atoms with E-state index in [9.17, 15) is 0 Å². The highest BCUT2D eigenvalue weighted by molar-refractivity contribution is 5.83.